The van der Waals surface area contributed by atoms with Crippen LogP contribution in [0.2, 0.25) is 5.02 Å². The van der Waals surface area contributed by atoms with Gasteiger partial charge in [-0.05, 0) is 23.8 Å². The van der Waals surface area contributed by atoms with Gasteiger partial charge in [0.1, 0.15) is 0 Å². The maximum Gasteiger partial charge on any atom is 0.219 e. The molecule has 2 rings (SSSR count). The molecule has 0 unspecified atom stereocenters. The molecular formula is C16H17ClFNO2. The van der Waals surface area contributed by atoms with E-state index in [2.05, 4.69) is 4.98 Å². The molecule has 1 N–H and O–H groups in total. The molecule has 0 fully saturated rings. The van der Waals surface area contributed by atoms with Crippen molar-refractivity contribution in [1.82, 2.24) is 4.98 Å². The first-order valence-electron chi connectivity index (χ1n) is 6.55. The minimum Gasteiger partial charge on any atom is -0.436 e. The topological polar surface area (TPSA) is 42.4 Å². The van der Waals surface area contributed by atoms with Gasteiger partial charge in [0.2, 0.25) is 5.88 Å². The first-order valence-corrected chi connectivity index (χ1v) is 6.93. The fraction of sp³-hybridized carbons (Fsp3) is 0.312. The van der Waals surface area contributed by atoms with Crippen molar-refractivity contribution in [3.63, 3.8) is 0 Å². The summed E-state index contributed by atoms with van der Waals surface area (Å²) in [4.78, 5) is 4.38. The highest BCUT2D eigenvalue weighted by Crippen LogP contribution is 2.30. The summed E-state index contributed by atoms with van der Waals surface area (Å²) in [5.74, 6) is -0.398. The number of pyridine rings is 1. The van der Waals surface area contributed by atoms with Gasteiger partial charge in [-0.25, -0.2) is 9.37 Å². The van der Waals surface area contributed by atoms with Gasteiger partial charge in [-0.3, -0.25) is 0 Å². The van der Waals surface area contributed by atoms with Gasteiger partial charge in [0.15, 0.2) is 11.6 Å². The molecule has 0 atom stereocenters. The molecule has 0 spiro atoms. The van der Waals surface area contributed by atoms with E-state index in [1.807, 2.05) is 20.8 Å². The number of aliphatic hydroxyl groups excluding tert-OH is 1. The molecule has 1 heterocycles. The Bertz CT molecular complexity index is 653. The van der Waals surface area contributed by atoms with Gasteiger partial charge in [-0.1, -0.05) is 38.4 Å². The number of hydrogen-bond acceptors (Lipinski definition) is 3. The van der Waals surface area contributed by atoms with Crippen LogP contribution in [0.3, 0.4) is 0 Å². The highest BCUT2D eigenvalue weighted by atomic mass is 35.5. The summed E-state index contributed by atoms with van der Waals surface area (Å²) in [6.07, 6.45) is 0. The summed E-state index contributed by atoms with van der Waals surface area (Å²) < 4.78 is 19.4. The molecule has 0 saturated carbocycles. The van der Waals surface area contributed by atoms with Gasteiger partial charge in [0, 0.05) is 11.5 Å². The van der Waals surface area contributed by atoms with Gasteiger partial charge in [0.25, 0.3) is 0 Å². The molecule has 0 aliphatic carbocycles. The molecule has 2 aromatic rings. The van der Waals surface area contributed by atoms with Gasteiger partial charge in [0.05, 0.1) is 17.3 Å². The second-order valence-electron chi connectivity index (χ2n) is 5.76. The number of halogens is 2. The molecule has 5 heteroatoms. The van der Waals surface area contributed by atoms with E-state index in [-0.39, 0.29) is 28.7 Å². The molecule has 112 valence electrons. The fourth-order valence-electron chi connectivity index (χ4n) is 1.76. The summed E-state index contributed by atoms with van der Waals surface area (Å²) in [5, 5.41) is 9.33. The minimum atomic E-state index is -0.632. The Kier molecular flexibility index (Phi) is 4.49. The molecule has 21 heavy (non-hydrogen) atoms. The van der Waals surface area contributed by atoms with Crippen molar-refractivity contribution in [3.05, 3.63) is 52.4 Å². The first-order chi connectivity index (χ1) is 9.81. The van der Waals surface area contributed by atoms with Crippen molar-refractivity contribution < 1.29 is 14.2 Å². The normalized spacial score (nSPS) is 11.5. The predicted molar refractivity (Wildman–Crippen MR) is 80.3 cm³/mol. The largest absolute Gasteiger partial charge is 0.436 e. The summed E-state index contributed by atoms with van der Waals surface area (Å²) in [6, 6.07) is 7.91. The van der Waals surface area contributed by atoms with Crippen molar-refractivity contribution in [2.24, 2.45) is 0 Å². The molecule has 0 saturated heterocycles. The monoisotopic (exact) mass is 309 g/mol. The molecule has 0 amide bonds. The van der Waals surface area contributed by atoms with Gasteiger partial charge < -0.3 is 9.84 Å². The van der Waals surface area contributed by atoms with Crippen LogP contribution in [0.5, 0.6) is 11.6 Å². The summed E-state index contributed by atoms with van der Waals surface area (Å²) >= 11 is 5.73. The number of aliphatic hydroxyl groups is 1. The second kappa shape index (κ2) is 6.00. The van der Waals surface area contributed by atoms with Crippen LogP contribution in [0.25, 0.3) is 0 Å². The van der Waals surface area contributed by atoms with Crippen LogP contribution in [0.4, 0.5) is 4.39 Å². The number of ether oxygens (including phenoxy) is 1. The van der Waals surface area contributed by atoms with Crippen LogP contribution in [0.1, 0.15) is 32.0 Å². The highest BCUT2D eigenvalue weighted by molar-refractivity contribution is 6.30. The van der Waals surface area contributed by atoms with E-state index in [0.717, 1.165) is 5.69 Å². The van der Waals surface area contributed by atoms with E-state index in [4.69, 9.17) is 16.3 Å². The van der Waals surface area contributed by atoms with Crippen molar-refractivity contribution in [3.8, 4) is 11.6 Å². The third-order valence-corrected chi connectivity index (χ3v) is 3.24. The van der Waals surface area contributed by atoms with Crippen molar-refractivity contribution in [2.45, 2.75) is 32.8 Å². The van der Waals surface area contributed by atoms with Crippen LogP contribution in [-0.2, 0) is 12.0 Å². The van der Waals surface area contributed by atoms with Gasteiger partial charge >= 0.3 is 0 Å². The summed E-state index contributed by atoms with van der Waals surface area (Å²) in [5.41, 5.74) is 1.20. The third kappa shape index (κ3) is 3.71. The predicted octanol–water partition coefficient (Wildman–Crippen LogP) is 4.46. The molecule has 0 radical (unpaired) electrons. The van der Waals surface area contributed by atoms with E-state index in [1.54, 1.807) is 18.2 Å². The standard InChI is InChI=1S/C16H17ClFNO2/c1-16(2,3)13-7-10(9-20)8-14(19-13)21-12-6-4-5-11(17)15(12)18/h4-8,20H,9H2,1-3H3. The van der Waals surface area contributed by atoms with Crippen LogP contribution in [0, 0.1) is 5.82 Å². The van der Waals surface area contributed by atoms with Gasteiger partial charge in [-0.15, -0.1) is 0 Å². The Morgan fingerprint density at radius 1 is 1.29 bits per heavy atom. The number of nitrogens with zero attached hydrogens (tertiary/aromatic N) is 1. The SMILES string of the molecule is CC(C)(C)c1cc(CO)cc(Oc2cccc(Cl)c2F)n1. The third-order valence-electron chi connectivity index (χ3n) is 2.94. The van der Waals surface area contributed by atoms with Crippen LogP contribution < -0.4 is 4.74 Å². The molecular weight excluding hydrogens is 293 g/mol. The lowest BCUT2D eigenvalue weighted by molar-refractivity contribution is 0.280. The molecule has 3 nitrogen and oxygen atoms in total. The minimum absolute atomic E-state index is 0.00458. The fourth-order valence-corrected chi connectivity index (χ4v) is 1.93. The van der Waals surface area contributed by atoms with Crippen LogP contribution in [-0.4, -0.2) is 10.1 Å². The molecule has 1 aromatic carbocycles. The van der Waals surface area contributed by atoms with E-state index in [1.165, 1.54) is 12.1 Å². The zero-order valence-corrected chi connectivity index (χ0v) is 12.9. The zero-order valence-electron chi connectivity index (χ0n) is 12.2. The number of rotatable bonds is 3. The van der Waals surface area contributed by atoms with Crippen molar-refractivity contribution >= 4 is 11.6 Å². The lowest BCUT2D eigenvalue weighted by Crippen LogP contribution is -2.14. The first kappa shape index (κ1) is 15.7. The Morgan fingerprint density at radius 3 is 2.62 bits per heavy atom. The Balaban J connectivity index is 2.42. The lowest BCUT2D eigenvalue weighted by atomic mass is 9.91. The Morgan fingerprint density at radius 2 is 2.00 bits per heavy atom. The summed E-state index contributed by atoms with van der Waals surface area (Å²) in [6.45, 7) is 5.86. The van der Waals surface area contributed by atoms with Crippen molar-refractivity contribution in [1.29, 1.82) is 0 Å². The van der Waals surface area contributed by atoms with E-state index < -0.39 is 5.82 Å². The van der Waals surface area contributed by atoms with Gasteiger partial charge in [-0.2, -0.15) is 0 Å². The summed E-state index contributed by atoms with van der Waals surface area (Å²) in [7, 11) is 0. The highest BCUT2D eigenvalue weighted by Gasteiger charge is 2.18. The average molecular weight is 310 g/mol. The Hall–Kier alpha value is -1.65. The Labute approximate surface area is 128 Å². The maximum atomic E-state index is 13.9. The second-order valence-corrected chi connectivity index (χ2v) is 6.17. The maximum absolute atomic E-state index is 13.9. The lowest BCUT2D eigenvalue weighted by Gasteiger charge is -2.19. The quantitative estimate of drug-likeness (QED) is 0.910. The molecule has 1 aromatic heterocycles. The van der Waals surface area contributed by atoms with Crippen LogP contribution >= 0.6 is 11.6 Å². The van der Waals surface area contributed by atoms with E-state index >= 15 is 0 Å². The number of aromatic nitrogens is 1. The van der Waals surface area contributed by atoms with Crippen molar-refractivity contribution in [2.75, 3.05) is 0 Å². The van der Waals surface area contributed by atoms with E-state index in [9.17, 15) is 9.50 Å². The molecule has 0 aliphatic rings. The van der Waals surface area contributed by atoms with Crippen LogP contribution in [0.15, 0.2) is 30.3 Å². The molecule has 0 bridgehead atoms. The average Bonchev–Trinajstić information content (AvgIpc) is 2.42. The smallest absolute Gasteiger partial charge is 0.219 e. The number of hydrogen-bond donors (Lipinski definition) is 1. The molecule has 0 aliphatic heterocycles. The van der Waals surface area contributed by atoms with E-state index in [0.29, 0.717) is 5.56 Å². The zero-order chi connectivity index (χ0) is 15.6. The number of benzene rings is 1.